The lowest BCUT2D eigenvalue weighted by Crippen LogP contribution is -2.22. The standard InChI is InChI=1S/C17H17N3O/c1-12-19-15-10-13(8-9-16(15)20(12)2)11-18-17(21)14-6-4-3-5-7-14/h3-10H,11H2,1-2H3,(H,18,21). The maximum Gasteiger partial charge on any atom is 0.251 e. The highest BCUT2D eigenvalue weighted by molar-refractivity contribution is 5.94. The minimum Gasteiger partial charge on any atom is -0.348 e. The number of carbonyl (C=O) groups excluding carboxylic acids is 1. The summed E-state index contributed by atoms with van der Waals surface area (Å²) in [5, 5.41) is 2.93. The molecule has 0 aliphatic heterocycles. The van der Waals surface area contributed by atoms with Crippen molar-refractivity contribution in [2.75, 3.05) is 0 Å². The van der Waals surface area contributed by atoms with Gasteiger partial charge in [-0.1, -0.05) is 24.3 Å². The monoisotopic (exact) mass is 279 g/mol. The van der Waals surface area contributed by atoms with Crippen LogP contribution in [0.25, 0.3) is 11.0 Å². The first kappa shape index (κ1) is 13.4. The minimum absolute atomic E-state index is 0.0621. The molecule has 0 atom stereocenters. The molecule has 0 radical (unpaired) electrons. The molecular formula is C17H17N3O. The van der Waals surface area contributed by atoms with Crippen LogP contribution in [-0.2, 0) is 13.6 Å². The van der Waals surface area contributed by atoms with E-state index in [4.69, 9.17) is 0 Å². The van der Waals surface area contributed by atoms with Crippen LogP contribution >= 0.6 is 0 Å². The van der Waals surface area contributed by atoms with Gasteiger partial charge in [0.15, 0.2) is 0 Å². The lowest BCUT2D eigenvalue weighted by molar-refractivity contribution is 0.0951. The fraction of sp³-hybridized carbons (Fsp3) is 0.176. The number of imidazole rings is 1. The van der Waals surface area contributed by atoms with Crippen LogP contribution in [0.3, 0.4) is 0 Å². The van der Waals surface area contributed by atoms with Crippen molar-refractivity contribution in [3.63, 3.8) is 0 Å². The van der Waals surface area contributed by atoms with Gasteiger partial charge in [0.2, 0.25) is 0 Å². The Morgan fingerprint density at radius 3 is 2.71 bits per heavy atom. The smallest absolute Gasteiger partial charge is 0.251 e. The van der Waals surface area contributed by atoms with E-state index in [9.17, 15) is 4.79 Å². The summed E-state index contributed by atoms with van der Waals surface area (Å²) >= 11 is 0. The van der Waals surface area contributed by atoms with E-state index in [-0.39, 0.29) is 5.91 Å². The molecule has 0 fully saturated rings. The lowest BCUT2D eigenvalue weighted by atomic mass is 10.2. The average Bonchev–Trinajstić information content (AvgIpc) is 2.80. The third-order valence-corrected chi connectivity index (χ3v) is 3.66. The quantitative estimate of drug-likeness (QED) is 0.801. The molecule has 0 saturated heterocycles. The zero-order valence-corrected chi connectivity index (χ0v) is 12.1. The van der Waals surface area contributed by atoms with Crippen molar-refractivity contribution >= 4 is 16.9 Å². The van der Waals surface area contributed by atoms with Crippen molar-refractivity contribution in [2.45, 2.75) is 13.5 Å². The molecule has 0 spiro atoms. The Bertz CT molecular complexity index is 790. The summed E-state index contributed by atoms with van der Waals surface area (Å²) in [6.07, 6.45) is 0. The van der Waals surface area contributed by atoms with E-state index >= 15 is 0 Å². The summed E-state index contributed by atoms with van der Waals surface area (Å²) in [6.45, 7) is 2.48. The van der Waals surface area contributed by atoms with Crippen molar-refractivity contribution in [2.24, 2.45) is 7.05 Å². The van der Waals surface area contributed by atoms with Gasteiger partial charge in [-0.15, -0.1) is 0 Å². The van der Waals surface area contributed by atoms with E-state index in [2.05, 4.69) is 14.9 Å². The number of hydrogen-bond acceptors (Lipinski definition) is 2. The number of amides is 1. The first-order valence-electron chi connectivity index (χ1n) is 6.90. The van der Waals surface area contributed by atoms with E-state index in [0.29, 0.717) is 12.1 Å². The molecule has 3 rings (SSSR count). The molecular weight excluding hydrogens is 262 g/mol. The van der Waals surface area contributed by atoms with Gasteiger partial charge in [-0.3, -0.25) is 4.79 Å². The molecule has 0 unspecified atom stereocenters. The van der Waals surface area contributed by atoms with Crippen LogP contribution < -0.4 is 5.32 Å². The van der Waals surface area contributed by atoms with Crippen LogP contribution in [0.2, 0.25) is 0 Å². The number of rotatable bonds is 3. The summed E-state index contributed by atoms with van der Waals surface area (Å²) < 4.78 is 2.06. The Morgan fingerprint density at radius 2 is 1.95 bits per heavy atom. The maximum atomic E-state index is 12.0. The van der Waals surface area contributed by atoms with Crippen LogP contribution in [0.1, 0.15) is 21.7 Å². The molecule has 1 amide bonds. The number of fused-ring (bicyclic) bond motifs is 1. The number of benzene rings is 2. The topological polar surface area (TPSA) is 46.9 Å². The fourth-order valence-electron chi connectivity index (χ4n) is 2.35. The molecule has 2 aromatic carbocycles. The molecule has 4 heteroatoms. The number of nitrogens with one attached hydrogen (secondary N) is 1. The number of hydrogen-bond donors (Lipinski definition) is 1. The molecule has 0 bridgehead atoms. The number of nitrogens with zero attached hydrogens (tertiary/aromatic N) is 2. The van der Waals surface area contributed by atoms with Crippen molar-refractivity contribution in [3.05, 3.63) is 65.5 Å². The second-order valence-corrected chi connectivity index (χ2v) is 5.09. The van der Waals surface area contributed by atoms with E-state index in [1.165, 1.54) is 0 Å². The Kier molecular flexibility index (Phi) is 3.44. The Balaban J connectivity index is 1.75. The van der Waals surface area contributed by atoms with Crippen LogP contribution in [0.15, 0.2) is 48.5 Å². The van der Waals surface area contributed by atoms with E-state index in [1.54, 1.807) is 12.1 Å². The Morgan fingerprint density at radius 1 is 1.19 bits per heavy atom. The maximum absolute atomic E-state index is 12.0. The molecule has 0 saturated carbocycles. The molecule has 1 aromatic heterocycles. The highest BCUT2D eigenvalue weighted by atomic mass is 16.1. The number of aryl methyl sites for hydroxylation is 2. The molecule has 106 valence electrons. The summed E-state index contributed by atoms with van der Waals surface area (Å²) in [7, 11) is 2.00. The number of carbonyl (C=O) groups is 1. The zero-order valence-electron chi connectivity index (χ0n) is 12.1. The highest BCUT2D eigenvalue weighted by Crippen LogP contribution is 2.16. The van der Waals surface area contributed by atoms with Gasteiger partial charge in [-0.05, 0) is 36.8 Å². The first-order valence-corrected chi connectivity index (χ1v) is 6.90. The van der Waals surface area contributed by atoms with Gasteiger partial charge in [-0.25, -0.2) is 4.98 Å². The van der Waals surface area contributed by atoms with Crippen molar-refractivity contribution < 1.29 is 4.79 Å². The summed E-state index contributed by atoms with van der Waals surface area (Å²) in [5.41, 5.74) is 3.78. The fourth-order valence-corrected chi connectivity index (χ4v) is 2.35. The molecule has 0 aliphatic carbocycles. The lowest BCUT2D eigenvalue weighted by Gasteiger charge is -2.05. The zero-order chi connectivity index (χ0) is 14.8. The summed E-state index contributed by atoms with van der Waals surface area (Å²) in [6, 6.07) is 15.3. The van der Waals surface area contributed by atoms with Gasteiger partial charge in [0.1, 0.15) is 5.82 Å². The minimum atomic E-state index is -0.0621. The summed E-state index contributed by atoms with van der Waals surface area (Å²) in [4.78, 5) is 16.5. The Hall–Kier alpha value is -2.62. The van der Waals surface area contributed by atoms with Gasteiger partial charge in [-0.2, -0.15) is 0 Å². The van der Waals surface area contributed by atoms with Gasteiger partial charge < -0.3 is 9.88 Å². The van der Waals surface area contributed by atoms with Gasteiger partial charge in [0, 0.05) is 19.2 Å². The predicted octanol–water partition coefficient (Wildman–Crippen LogP) is 2.81. The SMILES string of the molecule is Cc1nc2cc(CNC(=O)c3ccccc3)ccc2n1C. The van der Waals surface area contributed by atoms with Gasteiger partial charge in [0.05, 0.1) is 11.0 Å². The second kappa shape index (κ2) is 5.40. The summed E-state index contributed by atoms with van der Waals surface area (Å²) in [5.74, 6) is 0.920. The average molecular weight is 279 g/mol. The van der Waals surface area contributed by atoms with E-state index < -0.39 is 0 Å². The molecule has 3 aromatic rings. The van der Waals surface area contributed by atoms with Crippen LogP contribution in [0, 0.1) is 6.92 Å². The predicted molar refractivity (Wildman–Crippen MR) is 83.1 cm³/mol. The van der Waals surface area contributed by atoms with Crippen molar-refractivity contribution in [1.82, 2.24) is 14.9 Å². The van der Waals surface area contributed by atoms with Crippen LogP contribution in [0.5, 0.6) is 0 Å². The van der Waals surface area contributed by atoms with Crippen molar-refractivity contribution in [1.29, 1.82) is 0 Å². The van der Waals surface area contributed by atoms with E-state index in [0.717, 1.165) is 22.4 Å². The number of aromatic nitrogens is 2. The second-order valence-electron chi connectivity index (χ2n) is 5.09. The highest BCUT2D eigenvalue weighted by Gasteiger charge is 2.07. The molecule has 1 N–H and O–H groups in total. The van der Waals surface area contributed by atoms with E-state index in [1.807, 2.05) is 50.4 Å². The van der Waals surface area contributed by atoms with Crippen LogP contribution in [-0.4, -0.2) is 15.5 Å². The largest absolute Gasteiger partial charge is 0.348 e. The normalized spacial score (nSPS) is 10.8. The first-order chi connectivity index (χ1) is 10.1. The molecule has 1 heterocycles. The van der Waals surface area contributed by atoms with Crippen LogP contribution in [0.4, 0.5) is 0 Å². The third-order valence-electron chi connectivity index (χ3n) is 3.66. The van der Waals surface area contributed by atoms with Gasteiger partial charge in [0.25, 0.3) is 5.91 Å². The molecule has 21 heavy (non-hydrogen) atoms. The molecule has 0 aliphatic rings. The van der Waals surface area contributed by atoms with Crippen molar-refractivity contribution in [3.8, 4) is 0 Å². The third kappa shape index (κ3) is 2.65. The van der Waals surface area contributed by atoms with Gasteiger partial charge >= 0.3 is 0 Å². The Labute approximate surface area is 123 Å². The molecule has 4 nitrogen and oxygen atoms in total.